The summed E-state index contributed by atoms with van der Waals surface area (Å²) in [5, 5.41) is 8.62. The molecule has 0 fully saturated rings. The fourth-order valence-corrected chi connectivity index (χ4v) is 1.59. The summed E-state index contributed by atoms with van der Waals surface area (Å²) in [5.74, 6) is 0.808. The zero-order valence-corrected chi connectivity index (χ0v) is 8.16. The Morgan fingerprint density at radius 1 is 1.50 bits per heavy atom. The van der Waals surface area contributed by atoms with Gasteiger partial charge in [0.05, 0.1) is 12.3 Å². The number of hydrogen-bond acceptors (Lipinski definition) is 3. The highest BCUT2D eigenvalue weighted by Crippen LogP contribution is 2.29. The van der Waals surface area contributed by atoms with E-state index in [2.05, 4.69) is 4.99 Å². The summed E-state index contributed by atoms with van der Waals surface area (Å²) >= 11 is 0. The molecule has 1 N–H and O–H groups in total. The predicted molar refractivity (Wildman–Crippen MR) is 55.5 cm³/mol. The van der Waals surface area contributed by atoms with Crippen LogP contribution in [-0.2, 0) is 6.42 Å². The van der Waals surface area contributed by atoms with Crippen molar-refractivity contribution in [3.63, 3.8) is 0 Å². The Bertz CT molecular complexity index is 372. The van der Waals surface area contributed by atoms with E-state index in [1.54, 1.807) is 0 Å². The first-order valence-electron chi connectivity index (χ1n) is 4.70. The molecular weight excluding hydrogens is 178 g/mol. The van der Waals surface area contributed by atoms with Crippen LogP contribution in [0.1, 0.15) is 12.5 Å². The lowest BCUT2D eigenvalue weighted by Gasteiger charge is -2.05. The van der Waals surface area contributed by atoms with Crippen LogP contribution in [0.5, 0.6) is 5.75 Å². The molecular formula is C11H13NO2. The van der Waals surface area contributed by atoms with Gasteiger partial charge in [0.1, 0.15) is 12.4 Å². The van der Waals surface area contributed by atoms with Gasteiger partial charge in [-0.05, 0) is 30.7 Å². The highest BCUT2D eigenvalue weighted by atomic mass is 16.5. The fraction of sp³-hybridized carbons (Fsp3) is 0.364. The van der Waals surface area contributed by atoms with E-state index in [-0.39, 0.29) is 6.61 Å². The van der Waals surface area contributed by atoms with Gasteiger partial charge >= 0.3 is 0 Å². The number of nitrogens with zero attached hydrogens (tertiary/aromatic N) is 1. The first kappa shape index (κ1) is 9.21. The van der Waals surface area contributed by atoms with Gasteiger partial charge in [-0.15, -0.1) is 0 Å². The number of ether oxygens (including phenoxy) is 1. The normalized spacial score (nSPS) is 13.7. The lowest BCUT2D eigenvalue weighted by Crippen LogP contribution is -2.01. The van der Waals surface area contributed by atoms with Crippen molar-refractivity contribution in [1.82, 2.24) is 0 Å². The second-order valence-corrected chi connectivity index (χ2v) is 3.39. The molecule has 0 atom stereocenters. The van der Waals surface area contributed by atoms with Crippen LogP contribution in [0.2, 0.25) is 0 Å². The number of aliphatic hydroxyl groups excluding tert-OH is 1. The van der Waals surface area contributed by atoms with Crippen molar-refractivity contribution >= 4 is 11.4 Å². The Hall–Kier alpha value is -1.35. The third-order valence-corrected chi connectivity index (χ3v) is 2.17. The molecule has 1 aromatic rings. The van der Waals surface area contributed by atoms with Crippen molar-refractivity contribution < 1.29 is 9.84 Å². The van der Waals surface area contributed by atoms with Crippen LogP contribution in [-0.4, -0.2) is 24.0 Å². The maximum Gasteiger partial charge on any atom is 0.119 e. The van der Waals surface area contributed by atoms with Gasteiger partial charge in [0.2, 0.25) is 0 Å². The minimum Gasteiger partial charge on any atom is -0.491 e. The molecule has 1 aliphatic rings. The van der Waals surface area contributed by atoms with Crippen molar-refractivity contribution in [2.75, 3.05) is 13.2 Å². The number of aliphatic hydroxyl groups is 1. The molecule has 3 nitrogen and oxygen atoms in total. The standard InChI is InChI=1S/C11H13NO2/c1-8-6-9-7-10(14-5-4-13)2-3-11(9)12-8/h2-3,7,13H,4-6H2,1H3. The average Bonchev–Trinajstić information content (AvgIpc) is 2.54. The summed E-state index contributed by atoms with van der Waals surface area (Å²) in [6, 6.07) is 5.83. The second kappa shape index (κ2) is 3.80. The average molecular weight is 191 g/mol. The van der Waals surface area contributed by atoms with Crippen molar-refractivity contribution in [3.05, 3.63) is 23.8 Å². The molecule has 0 saturated heterocycles. The molecule has 0 unspecified atom stereocenters. The number of hydrogen-bond donors (Lipinski definition) is 1. The van der Waals surface area contributed by atoms with Gasteiger partial charge in [0.15, 0.2) is 0 Å². The summed E-state index contributed by atoms with van der Waals surface area (Å²) in [6.45, 7) is 2.42. The van der Waals surface area contributed by atoms with E-state index in [0.717, 1.165) is 23.6 Å². The Morgan fingerprint density at radius 3 is 3.14 bits per heavy atom. The van der Waals surface area contributed by atoms with Crippen LogP contribution < -0.4 is 4.74 Å². The molecule has 3 heteroatoms. The predicted octanol–water partition coefficient (Wildman–Crippen LogP) is 1.71. The van der Waals surface area contributed by atoms with Gasteiger partial charge in [-0.1, -0.05) is 0 Å². The van der Waals surface area contributed by atoms with Crippen LogP contribution in [0.25, 0.3) is 0 Å². The van der Waals surface area contributed by atoms with Gasteiger partial charge in [-0.3, -0.25) is 4.99 Å². The van der Waals surface area contributed by atoms with Gasteiger partial charge in [0.25, 0.3) is 0 Å². The van der Waals surface area contributed by atoms with Crippen molar-refractivity contribution in [2.24, 2.45) is 4.99 Å². The van der Waals surface area contributed by atoms with E-state index >= 15 is 0 Å². The molecule has 2 rings (SSSR count). The van der Waals surface area contributed by atoms with Crippen LogP contribution >= 0.6 is 0 Å². The lowest BCUT2D eigenvalue weighted by molar-refractivity contribution is 0.201. The van der Waals surface area contributed by atoms with E-state index < -0.39 is 0 Å². The first-order chi connectivity index (χ1) is 6.79. The molecule has 0 saturated carbocycles. The molecule has 74 valence electrons. The van der Waals surface area contributed by atoms with Gasteiger partial charge in [0, 0.05) is 12.1 Å². The summed E-state index contributed by atoms with van der Waals surface area (Å²) in [5.41, 5.74) is 3.39. The molecule has 1 aromatic carbocycles. The quantitative estimate of drug-likeness (QED) is 0.790. The molecule has 14 heavy (non-hydrogen) atoms. The maximum absolute atomic E-state index is 8.62. The van der Waals surface area contributed by atoms with E-state index in [1.807, 2.05) is 25.1 Å². The van der Waals surface area contributed by atoms with Crippen LogP contribution in [0.15, 0.2) is 23.2 Å². The van der Waals surface area contributed by atoms with Crippen LogP contribution in [0.3, 0.4) is 0 Å². The molecule has 1 aliphatic heterocycles. The van der Waals surface area contributed by atoms with Crippen LogP contribution in [0.4, 0.5) is 5.69 Å². The number of rotatable bonds is 3. The van der Waals surface area contributed by atoms with Gasteiger partial charge in [-0.2, -0.15) is 0 Å². The lowest BCUT2D eigenvalue weighted by atomic mass is 10.1. The Balaban J connectivity index is 2.15. The SMILES string of the molecule is CC1=Nc2ccc(OCCO)cc2C1. The number of aliphatic imine (C=N–C) groups is 1. The monoisotopic (exact) mass is 191 g/mol. The summed E-state index contributed by atoms with van der Waals surface area (Å²) in [4.78, 5) is 4.39. The largest absolute Gasteiger partial charge is 0.491 e. The van der Waals surface area contributed by atoms with Crippen molar-refractivity contribution in [3.8, 4) is 5.75 Å². The third-order valence-electron chi connectivity index (χ3n) is 2.17. The molecule has 0 aliphatic carbocycles. The molecule has 0 bridgehead atoms. The third kappa shape index (κ3) is 1.77. The number of fused-ring (bicyclic) bond motifs is 1. The molecule has 1 heterocycles. The highest BCUT2D eigenvalue weighted by Gasteiger charge is 2.11. The molecule has 0 spiro atoms. The van der Waals surface area contributed by atoms with E-state index in [9.17, 15) is 0 Å². The zero-order chi connectivity index (χ0) is 9.97. The Morgan fingerprint density at radius 2 is 2.36 bits per heavy atom. The smallest absolute Gasteiger partial charge is 0.119 e. The Kier molecular flexibility index (Phi) is 2.50. The first-order valence-corrected chi connectivity index (χ1v) is 4.70. The Labute approximate surface area is 83.1 Å². The minimum atomic E-state index is 0.0482. The fourth-order valence-electron chi connectivity index (χ4n) is 1.59. The molecule has 0 aromatic heterocycles. The van der Waals surface area contributed by atoms with Crippen molar-refractivity contribution in [1.29, 1.82) is 0 Å². The van der Waals surface area contributed by atoms with E-state index in [4.69, 9.17) is 9.84 Å². The van der Waals surface area contributed by atoms with Gasteiger partial charge in [-0.25, -0.2) is 0 Å². The topological polar surface area (TPSA) is 41.8 Å². The number of benzene rings is 1. The molecule has 0 amide bonds. The van der Waals surface area contributed by atoms with Crippen molar-refractivity contribution in [2.45, 2.75) is 13.3 Å². The molecule has 0 radical (unpaired) electrons. The van der Waals surface area contributed by atoms with Crippen LogP contribution in [0, 0.1) is 0 Å². The van der Waals surface area contributed by atoms with E-state index in [1.165, 1.54) is 5.56 Å². The minimum absolute atomic E-state index is 0.0482. The summed E-state index contributed by atoms with van der Waals surface area (Å²) in [6.07, 6.45) is 0.908. The van der Waals surface area contributed by atoms with Gasteiger partial charge < -0.3 is 9.84 Å². The highest BCUT2D eigenvalue weighted by molar-refractivity contribution is 5.92. The summed E-state index contributed by atoms with van der Waals surface area (Å²) < 4.78 is 5.31. The second-order valence-electron chi connectivity index (χ2n) is 3.39. The van der Waals surface area contributed by atoms with E-state index in [0.29, 0.717) is 6.61 Å². The summed E-state index contributed by atoms with van der Waals surface area (Å²) in [7, 11) is 0. The zero-order valence-electron chi connectivity index (χ0n) is 8.16. The maximum atomic E-state index is 8.62.